The third-order valence-corrected chi connectivity index (χ3v) is 3.42. The maximum atomic E-state index is 12.3. The van der Waals surface area contributed by atoms with Gasteiger partial charge in [-0.25, -0.2) is 0 Å². The number of furan rings is 1. The molecule has 9 heteroatoms. The number of hydrogen-bond acceptors (Lipinski definition) is 5. The maximum Gasteiger partial charge on any atom is 0.387 e. The predicted octanol–water partition coefficient (Wildman–Crippen LogP) is 2.98. The van der Waals surface area contributed by atoms with Crippen LogP contribution >= 0.6 is 0 Å². The second-order valence-corrected chi connectivity index (χ2v) is 5.39. The Balaban J connectivity index is 1.96. The van der Waals surface area contributed by atoms with E-state index >= 15 is 0 Å². The fourth-order valence-electron chi connectivity index (χ4n) is 2.24. The van der Waals surface area contributed by atoms with Crippen LogP contribution in [0.5, 0.6) is 11.5 Å². The van der Waals surface area contributed by atoms with Gasteiger partial charge in [0.05, 0.1) is 12.7 Å². The Morgan fingerprint density at radius 3 is 2.48 bits per heavy atom. The molecule has 0 bridgehead atoms. The first-order chi connectivity index (χ1) is 12.8. The normalized spacial score (nSPS) is 10.9. The summed E-state index contributed by atoms with van der Waals surface area (Å²) in [6.07, 6.45) is 2.58. The number of halogens is 2. The number of hydrazine groups is 1. The van der Waals surface area contributed by atoms with Crippen molar-refractivity contribution < 1.29 is 32.3 Å². The Bertz CT molecular complexity index is 861. The smallest absolute Gasteiger partial charge is 0.387 e. The highest BCUT2D eigenvalue weighted by molar-refractivity contribution is 5.98. The summed E-state index contributed by atoms with van der Waals surface area (Å²) in [5.74, 6) is -0.108. The molecule has 0 aliphatic heterocycles. The largest absolute Gasteiger partial charge is 0.493 e. The molecule has 0 radical (unpaired) electrons. The molecule has 0 saturated heterocycles. The number of ether oxygens (including phenoxy) is 2. The van der Waals surface area contributed by atoms with Crippen molar-refractivity contribution >= 4 is 17.9 Å². The molecule has 0 unspecified atom stereocenters. The molecule has 2 aromatic rings. The van der Waals surface area contributed by atoms with E-state index in [4.69, 9.17) is 9.15 Å². The van der Waals surface area contributed by atoms with Crippen LogP contribution in [-0.4, -0.2) is 25.5 Å². The molecule has 2 N–H and O–H groups in total. The van der Waals surface area contributed by atoms with Crippen molar-refractivity contribution in [2.24, 2.45) is 0 Å². The Hall–Kier alpha value is -3.36. The Morgan fingerprint density at radius 1 is 1.15 bits per heavy atom. The molecular formula is C18H18F2N2O5. The van der Waals surface area contributed by atoms with E-state index in [-0.39, 0.29) is 11.5 Å². The van der Waals surface area contributed by atoms with Gasteiger partial charge in [0, 0.05) is 6.08 Å². The maximum absolute atomic E-state index is 12.3. The summed E-state index contributed by atoms with van der Waals surface area (Å²) in [5, 5.41) is 0. The van der Waals surface area contributed by atoms with Crippen LogP contribution in [0, 0.1) is 13.8 Å². The van der Waals surface area contributed by atoms with Crippen LogP contribution in [0.3, 0.4) is 0 Å². The van der Waals surface area contributed by atoms with E-state index in [1.807, 2.05) is 0 Å². The van der Waals surface area contributed by atoms with Crippen LogP contribution in [0.4, 0.5) is 8.78 Å². The van der Waals surface area contributed by atoms with Crippen molar-refractivity contribution in [2.45, 2.75) is 20.5 Å². The minimum absolute atomic E-state index is 0.0944. The van der Waals surface area contributed by atoms with Crippen LogP contribution in [0.25, 0.3) is 6.08 Å². The Morgan fingerprint density at radius 2 is 1.89 bits per heavy atom. The lowest BCUT2D eigenvalue weighted by atomic mass is 10.2. The number of amides is 2. The van der Waals surface area contributed by atoms with Gasteiger partial charge in [-0.15, -0.1) is 0 Å². The average Bonchev–Trinajstić information content (AvgIpc) is 2.96. The number of aryl methyl sites for hydroxylation is 2. The van der Waals surface area contributed by atoms with Crippen LogP contribution in [0.2, 0.25) is 0 Å². The summed E-state index contributed by atoms with van der Waals surface area (Å²) in [4.78, 5) is 23.8. The van der Waals surface area contributed by atoms with E-state index in [9.17, 15) is 18.4 Å². The molecule has 2 amide bonds. The molecule has 0 saturated carbocycles. The highest BCUT2D eigenvalue weighted by Crippen LogP contribution is 2.29. The zero-order valence-electron chi connectivity index (χ0n) is 14.8. The first-order valence-corrected chi connectivity index (χ1v) is 7.78. The summed E-state index contributed by atoms with van der Waals surface area (Å²) in [5.41, 5.74) is 5.32. The predicted molar refractivity (Wildman–Crippen MR) is 92.5 cm³/mol. The number of benzene rings is 1. The average molecular weight is 380 g/mol. The minimum Gasteiger partial charge on any atom is -0.493 e. The van der Waals surface area contributed by atoms with E-state index in [2.05, 4.69) is 15.6 Å². The molecule has 0 atom stereocenters. The monoisotopic (exact) mass is 380 g/mol. The Labute approximate surface area is 153 Å². The number of carbonyl (C=O) groups excluding carboxylic acids is 2. The first-order valence-electron chi connectivity index (χ1n) is 7.78. The highest BCUT2D eigenvalue weighted by Gasteiger charge is 2.14. The minimum atomic E-state index is -2.97. The highest BCUT2D eigenvalue weighted by atomic mass is 19.3. The number of alkyl halides is 2. The van der Waals surface area contributed by atoms with Crippen LogP contribution in [0.15, 0.2) is 34.8 Å². The van der Waals surface area contributed by atoms with Gasteiger partial charge in [0.15, 0.2) is 11.5 Å². The number of nitrogens with one attached hydrogen (secondary N) is 2. The third-order valence-electron chi connectivity index (χ3n) is 3.42. The molecule has 0 aliphatic carbocycles. The van der Waals surface area contributed by atoms with Crippen molar-refractivity contribution in [1.29, 1.82) is 0 Å². The molecular weight excluding hydrogens is 362 g/mol. The Kier molecular flexibility index (Phi) is 6.53. The lowest BCUT2D eigenvalue weighted by molar-refractivity contribution is -0.117. The van der Waals surface area contributed by atoms with Crippen molar-refractivity contribution in [3.05, 3.63) is 53.0 Å². The van der Waals surface area contributed by atoms with Crippen molar-refractivity contribution in [1.82, 2.24) is 10.9 Å². The molecule has 1 heterocycles. The van der Waals surface area contributed by atoms with Crippen molar-refractivity contribution in [3.63, 3.8) is 0 Å². The van der Waals surface area contributed by atoms with Crippen LogP contribution in [-0.2, 0) is 4.79 Å². The van der Waals surface area contributed by atoms with Crippen LogP contribution < -0.4 is 20.3 Å². The third kappa shape index (κ3) is 5.56. The van der Waals surface area contributed by atoms with Gasteiger partial charge in [-0.1, -0.05) is 6.07 Å². The van der Waals surface area contributed by atoms with Gasteiger partial charge in [-0.3, -0.25) is 20.4 Å². The van der Waals surface area contributed by atoms with E-state index in [0.29, 0.717) is 22.6 Å². The van der Waals surface area contributed by atoms with E-state index < -0.39 is 18.4 Å². The number of rotatable bonds is 6. The van der Waals surface area contributed by atoms with Gasteiger partial charge in [0.25, 0.3) is 11.8 Å². The van der Waals surface area contributed by atoms with E-state index in [1.165, 1.54) is 31.4 Å². The molecule has 0 aliphatic rings. The summed E-state index contributed by atoms with van der Waals surface area (Å²) in [6, 6.07) is 5.76. The lowest BCUT2D eigenvalue weighted by Crippen LogP contribution is -2.40. The van der Waals surface area contributed by atoms with Crippen LogP contribution in [0.1, 0.15) is 27.4 Å². The van der Waals surface area contributed by atoms with Gasteiger partial charge in [0.2, 0.25) is 0 Å². The SMILES string of the molecule is COc1cc(/C=C/C(=O)NNC(=O)c2cc(C)oc2C)ccc1OC(F)F. The van der Waals surface area contributed by atoms with Crippen molar-refractivity contribution in [2.75, 3.05) is 7.11 Å². The molecule has 0 fully saturated rings. The van der Waals surface area contributed by atoms with Gasteiger partial charge in [0.1, 0.15) is 11.5 Å². The molecule has 27 heavy (non-hydrogen) atoms. The summed E-state index contributed by atoms with van der Waals surface area (Å²) < 4.78 is 39.2. The zero-order chi connectivity index (χ0) is 20.0. The number of methoxy groups -OCH3 is 1. The topological polar surface area (TPSA) is 89.8 Å². The molecule has 0 spiro atoms. The van der Waals surface area contributed by atoms with Gasteiger partial charge in [-0.05, 0) is 43.7 Å². The number of carbonyl (C=O) groups is 2. The van der Waals surface area contributed by atoms with Gasteiger partial charge in [-0.2, -0.15) is 8.78 Å². The number of hydrogen-bond donors (Lipinski definition) is 2. The second kappa shape index (κ2) is 8.84. The van der Waals surface area contributed by atoms with E-state index in [0.717, 1.165) is 6.08 Å². The molecule has 1 aromatic carbocycles. The fraction of sp³-hybridized carbons (Fsp3) is 0.222. The van der Waals surface area contributed by atoms with E-state index in [1.54, 1.807) is 19.9 Å². The van der Waals surface area contributed by atoms with Crippen molar-refractivity contribution in [3.8, 4) is 11.5 Å². The summed E-state index contributed by atoms with van der Waals surface area (Å²) in [6.45, 7) is 0.368. The molecule has 1 aromatic heterocycles. The molecule has 2 rings (SSSR count). The quantitative estimate of drug-likeness (QED) is 0.594. The standard InChI is InChI=1S/C18H18F2N2O5/c1-10-8-13(11(2)26-10)17(24)22-21-16(23)7-5-12-4-6-14(27-18(19)20)15(9-12)25-3/h4-9,18H,1-3H3,(H,21,23)(H,22,24)/b7-5+. The summed E-state index contributed by atoms with van der Waals surface area (Å²) >= 11 is 0. The molecule has 144 valence electrons. The first kappa shape index (κ1) is 20.0. The second-order valence-electron chi connectivity index (χ2n) is 5.39. The summed E-state index contributed by atoms with van der Waals surface area (Å²) in [7, 11) is 1.31. The van der Waals surface area contributed by atoms with Gasteiger partial charge >= 0.3 is 6.61 Å². The fourth-order valence-corrected chi connectivity index (χ4v) is 2.24. The molecule has 7 nitrogen and oxygen atoms in total. The lowest BCUT2D eigenvalue weighted by Gasteiger charge is -2.10. The zero-order valence-corrected chi connectivity index (χ0v) is 14.8. The van der Waals surface area contributed by atoms with Gasteiger partial charge < -0.3 is 13.9 Å².